The van der Waals surface area contributed by atoms with Gasteiger partial charge >= 0.3 is 11.9 Å². The predicted molar refractivity (Wildman–Crippen MR) is 189 cm³/mol. The summed E-state index contributed by atoms with van der Waals surface area (Å²) in [4.78, 5) is 52.5. The molecule has 0 aliphatic rings. The van der Waals surface area contributed by atoms with E-state index in [1.54, 1.807) is 36.4 Å². The molecule has 6 heteroatoms. The zero-order valence-electron chi connectivity index (χ0n) is 28.1. The Morgan fingerprint density at radius 3 is 1.11 bits per heavy atom. The Balaban J connectivity index is 1.50. The third-order valence-corrected chi connectivity index (χ3v) is 9.17. The number of rotatable bonds is 22. The molecule has 0 aliphatic heterocycles. The van der Waals surface area contributed by atoms with Crippen LogP contribution in [-0.2, 0) is 9.59 Å². The van der Waals surface area contributed by atoms with Gasteiger partial charge in [0.25, 0.3) is 0 Å². The van der Waals surface area contributed by atoms with Crippen LogP contribution in [0.1, 0.15) is 142 Å². The van der Waals surface area contributed by atoms with E-state index >= 15 is 0 Å². The highest BCUT2D eigenvalue weighted by Gasteiger charge is 2.25. The van der Waals surface area contributed by atoms with Crippen LogP contribution >= 0.6 is 0 Å². The molecule has 0 aliphatic carbocycles. The maximum absolute atomic E-state index is 13.2. The second-order valence-electron chi connectivity index (χ2n) is 12.9. The van der Waals surface area contributed by atoms with Crippen molar-refractivity contribution in [2.24, 2.45) is 0 Å². The quantitative estimate of drug-likeness (QED) is 0.0283. The molecule has 0 radical (unpaired) electrons. The van der Waals surface area contributed by atoms with Crippen molar-refractivity contribution < 1.29 is 19.1 Å². The van der Waals surface area contributed by atoms with Crippen molar-refractivity contribution in [3.63, 3.8) is 0 Å². The molecule has 0 fully saturated rings. The highest BCUT2D eigenvalue weighted by Crippen LogP contribution is 2.46. The number of ether oxygens (including phenoxy) is 2. The largest absolute Gasteiger partial charge is 0.422 e. The number of hydrogen-bond donors (Lipinski definition) is 0. The van der Waals surface area contributed by atoms with Crippen LogP contribution in [0.4, 0.5) is 0 Å². The molecular weight excluding hydrogens is 576 g/mol. The second kappa shape index (κ2) is 18.6. The van der Waals surface area contributed by atoms with Crippen LogP contribution < -0.4 is 20.3 Å². The van der Waals surface area contributed by atoms with Gasteiger partial charge in [-0.25, -0.2) is 0 Å². The van der Waals surface area contributed by atoms with Crippen molar-refractivity contribution >= 4 is 44.3 Å². The van der Waals surface area contributed by atoms with Gasteiger partial charge in [-0.1, -0.05) is 153 Å². The fourth-order valence-corrected chi connectivity index (χ4v) is 6.58. The summed E-state index contributed by atoms with van der Waals surface area (Å²) in [5, 5.41) is 2.64. The summed E-state index contributed by atoms with van der Waals surface area (Å²) in [6, 6.07) is 10.1. The maximum atomic E-state index is 13.2. The maximum Gasteiger partial charge on any atom is 0.311 e. The minimum absolute atomic E-state index is 0.144. The fourth-order valence-electron chi connectivity index (χ4n) is 6.58. The molecule has 0 saturated heterocycles. The molecule has 4 rings (SSSR count). The first-order valence-electron chi connectivity index (χ1n) is 18.0. The molecule has 4 aromatic carbocycles. The number of carbonyl (C=O) groups is 2. The Morgan fingerprint density at radius 1 is 0.457 bits per heavy atom. The van der Waals surface area contributed by atoms with E-state index in [-0.39, 0.29) is 35.1 Å². The Kier molecular flexibility index (Phi) is 14.3. The lowest BCUT2D eigenvalue weighted by molar-refractivity contribution is -0.137. The zero-order valence-corrected chi connectivity index (χ0v) is 28.1. The molecule has 6 nitrogen and oxygen atoms in total. The predicted octanol–water partition coefficient (Wildman–Crippen LogP) is 10.4. The van der Waals surface area contributed by atoms with Crippen LogP contribution in [0.3, 0.4) is 0 Å². The van der Waals surface area contributed by atoms with E-state index in [1.165, 1.54) is 77.0 Å². The molecule has 0 N–H and O–H groups in total. The van der Waals surface area contributed by atoms with Crippen molar-refractivity contribution in [3.8, 4) is 11.5 Å². The Morgan fingerprint density at radius 2 is 0.761 bits per heavy atom. The lowest BCUT2D eigenvalue weighted by Gasteiger charge is -2.18. The second-order valence-corrected chi connectivity index (χ2v) is 12.9. The van der Waals surface area contributed by atoms with Gasteiger partial charge in [-0.2, -0.15) is 0 Å². The molecule has 0 atom stereocenters. The fraction of sp³-hybridized carbons (Fsp3) is 0.550. The van der Waals surface area contributed by atoms with Crippen LogP contribution in [0.25, 0.3) is 32.3 Å². The van der Waals surface area contributed by atoms with E-state index in [0.717, 1.165) is 38.5 Å². The minimum Gasteiger partial charge on any atom is -0.422 e. The number of unbranched alkanes of at least 4 members (excludes halogenated alkanes) is 16. The van der Waals surface area contributed by atoms with Crippen LogP contribution in [0.15, 0.2) is 46.0 Å². The number of benzene rings is 4. The SMILES string of the molecule is CCCCCCCCCCCC(=O)Oc1c(OC(=O)CCCCCCCCCCC)c2cccc3c(=O)c(=O)c4cccc1c4c23. The van der Waals surface area contributed by atoms with Crippen molar-refractivity contribution in [1.82, 2.24) is 0 Å². The first-order chi connectivity index (χ1) is 22.5. The Hall–Kier alpha value is -3.54. The molecule has 0 aromatic heterocycles. The summed E-state index contributed by atoms with van der Waals surface area (Å²) in [5.74, 6) is -0.517. The molecule has 0 unspecified atom stereocenters. The number of carbonyl (C=O) groups excluding carboxylic acids is 2. The first-order valence-corrected chi connectivity index (χ1v) is 18.0. The summed E-state index contributed by atoms with van der Waals surface area (Å²) in [5.41, 5.74) is -1.18. The summed E-state index contributed by atoms with van der Waals surface area (Å²) < 4.78 is 12.0. The van der Waals surface area contributed by atoms with Crippen molar-refractivity contribution in [3.05, 3.63) is 56.8 Å². The molecule has 0 saturated carbocycles. The summed E-state index contributed by atoms with van der Waals surface area (Å²) in [7, 11) is 0. The standard InChI is InChI=1S/C40H52O6/c1-3-5-7-9-11-13-15-17-19-27-33(41)45-39-31-25-21-23-29-35(31)36-30(38(44)37(29)43)24-22-26-32(36)40(39)46-34(42)28-20-18-16-14-12-10-8-6-4-2/h21-26H,3-20,27-28H2,1-2H3. The van der Waals surface area contributed by atoms with Crippen LogP contribution in [0.2, 0.25) is 0 Å². The van der Waals surface area contributed by atoms with E-state index in [0.29, 0.717) is 21.5 Å². The first kappa shape index (κ1) is 35.3. The average Bonchev–Trinajstić information content (AvgIpc) is 3.06. The van der Waals surface area contributed by atoms with Gasteiger partial charge < -0.3 is 9.47 Å². The Labute approximate surface area is 273 Å². The van der Waals surface area contributed by atoms with Crippen molar-refractivity contribution in [2.75, 3.05) is 0 Å². The molecule has 248 valence electrons. The van der Waals surface area contributed by atoms with E-state index in [2.05, 4.69) is 13.8 Å². The molecule has 0 bridgehead atoms. The molecular formula is C40H52O6. The van der Waals surface area contributed by atoms with Gasteiger partial charge in [0.2, 0.25) is 10.9 Å². The Bertz CT molecular complexity index is 1540. The topological polar surface area (TPSA) is 86.7 Å². The summed E-state index contributed by atoms with van der Waals surface area (Å²) in [6.45, 7) is 4.44. The van der Waals surface area contributed by atoms with Crippen LogP contribution in [0.5, 0.6) is 11.5 Å². The molecule has 0 amide bonds. The van der Waals surface area contributed by atoms with Gasteiger partial charge in [0.15, 0.2) is 11.5 Å². The van der Waals surface area contributed by atoms with Gasteiger partial charge in [-0.05, 0) is 12.8 Å². The average molecular weight is 629 g/mol. The van der Waals surface area contributed by atoms with Crippen molar-refractivity contribution in [1.29, 1.82) is 0 Å². The van der Waals surface area contributed by atoms with E-state index in [9.17, 15) is 19.2 Å². The number of hydrogen-bond acceptors (Lipinski definition) is 6. The lowest BCUT2D eigenvalue weighted by atomic mass is 9.92. The summed E-state index contributed by atoms with van der Waals surface area (Å²) >= 11 is 0. The van der Waals surface area contributed by atoms with Gasteiger partial charge in [0, 0.05) is 45.2 Å². The van der Waals surface area contributed by atoms with Gasteiger partial charge in [0.1, 0.15) is 0 Å². The zero-order chi connectivity index (χ0) is 32.7. The minimum atomic E-state index is -0.590. The molecule has 0 spiro atoms. The lowest BCUT2D eigenvalue weighted by Crippen LogP contribution is -2.24. The molecule has 46 heavy (non-hydrogen) atoms. The number of esters is 2. The van der Waals surface area contributed by atoms with Gasteiger partial charge in [-0.3, -0.25) is 19.2 Å². The third-order valence-electron chi connectivity index (χ3n) is 9.17. The van der Waals surface area contributed by atoms with E-state index < -0.39 is 22.8 Å². The van der Waals surface area contributed by atoms with E-state index in [1.807, 2.05) is 0 Å². The summed E-state index contributed by atoms with van der Waals surface area (Å²) in [6.07, 6.45) is 21.0. The normalized spacial score (nSPS) is 11.6. The van der Waals surface area contributed by atoms with E-state index in [4.69, 9.17) is 9.47 Å². The van der Waals surface area contributed by atoms with Gasteiger partial charge in [0.05, 0.1) is 0 Å². The third kappa shape index (κ3) is 9.27. The highest BCUT2D eigenvalue weighted by atomic mass is 16.6. The highest BCUT2D eigenvalue weighted by molar-refractivity contribution is 6.26. The van der Waals surface area contributed by atoms with Crippen LogP contribution in [0, 0.1) is 0 Å². The van der Waals surface area contributed by atoms with Crippen molar-refractivity contribution in [2.45, 2.75) is 142 Å². The monoisotopic (exact) mass is 628 g/mol. The molecule has 0 heterocycles. The molecule has 4 aromatic rings. The van der Waals surface area contributed by atoms with Crippen LogP contribution in [-0.4, -0.2) is 11.9 Å². The van der Waals surface area contributed by atoms with Gasteiger partial charge in [-0.15, -0.1) is 0 Å². The smallest absolute Gasteiger partial charge is 0.311 e.